The summed E-state index contributed by atoms with van der Waals surface area (Å²) in [5.41, 5.74) is 1.54. The van der Waals surface area contributed by atoms with Gasteiger partial charge in [-0.15, -0.1) is 0 Å². The minimum absolute atomic E-state index is 0.105. The first-order valence-electron chi connectivity index (χ1n) is 6.33. The average Bonchev–Trinajstić information content (AvgIpc) is 2.48. The monoisotopic (exact) mass is 370 g/mol. The fourth-order valence-corrected chi connectivity index (χ4v) is 3.19. The summed E-state index contributed by atoms with van der Waals surface area (Å²) in [7, 11) is -3.72. The van der Waals surface area contributed by atoms with Gasteiger partial charge in [0.15, 0.2) is 0 Å². The van der Waals surface area contributed by atoms with E-state index in [0.717, 1.165) is 16.5 Å². The second-order valence-electron chi connectivity index (χ2n) is 4.41. The molecule has 1 heterocycles. The van der Waals surface area contributed by atoms with Gasteiger partial charge < -0.3 is 5.11 Å². The van der Waals surface area contributed by atoms with Crippen LogP contribution in [0.15, 0.2) is 45.9 Å². The number of anilines is 1. The molecule has 2 aromatic rings. The molecule has 112 valence electrons. The minimum Gasteiger partial charge on any atom is -0.392 e. The van der Waals surface area contributed by atoms with Gasteiger partial charge in [0.1, 0.15) is 5.82 Å². The summed E-state index contributed by atoms with van der Waals surface area (Å²) in [6.07, 6.45) is 2.25. The standard InChI is InChI=1S/C14H15BrN2O3S/c1-2-10-3-5-13(7-11(10)9-18)21(19,20)17-14-6-4-12(15)8-16-14/h3-8,18H,2,9H2,1H3,(H,16,17). The van der Waals surface area contributed by atoms with E-state index in [4.69, 9.17) is 0 Å². The molecule has 1 aromatic heterocycles. The number of sulfonamides is 1. The maximum Gasteiger partial charge on any atom is 0.263 e. The molecule has 0 fully saturated rings. The molecule has 0 atom stereocenters. The van der Waals surface area contributed by atoms with Crippen LogP contribution in [0.25, 0.3) is 0 Å². The first-order valence-corrected chi connectivity index (χ1v) is 8.61. The lowest BCUT2D eigenvalue weighted by molar-refractivity contribution is 0.280. The predicted molar refractivity (Wildman–Crippen MR) is 84.5 cm³/mol. The summed E-state index contributed by atoms with van der Waals surface area (Å²) in [5, 5.41) is 9.33. The summed E-state index contributed by atoms with van der Waals surface area (Å²) < 4.78 is 27.8. The minimum atomic E-state index is -3.72. The van der Waals surface area contributed by atoms with Gasteiger partial charge in [-0.25, -0.2) is 13.4 Å². The third-order valence-electron chi connectivity index (χ3n) is 3.01. The van der Waals surface area contributed by atoms with Crippen molar-refractivity contribution in [3.05, 3.63) is 52.1 Å². The van der Waals surface area contributed by atoms with E-state index in [9.17, 15) is 13.5 Å². The zero-order valence-electron chi connectivity index (χ0n) is 11.4. The van der Waals surface area contributed by atoms with Crippen LogP contribution in [-0.2, 0) is 23.1 Å². The molecule has 0 amide bonds. The average molecular weight is 371 g/mol. The Hall–Kier alpha value is -1.44. The molecule has 0 aliphatic rings. The number of pyridine rings is 1. The fourth-order valence-electron chi connectivity index (χ4n) is 1.89. The van der Waals surface area contributed by atoms with E-state index >= 15 is 0 Å². The molecule has 1 aromatic carbocycles. The summed E-state index contributed by atoms with van der Waals surface area (Å²) in [5.74, 6) is 0.239. The Kier molecular flexibility index (Phi) is 4.97. The third kappa shape index (κ3) is 3.81. The molecular formula is C14H15BrN2O3S. The number of nitrogens with zero attached hydrogens (tertiary/aromatic N) is 1. The molecule has 21 heavy (non-hydrogen) atoms. The maximum absolute atomic E-state index is 12.3. The predicted octanol–water partition coefficient (Wildman–Crippen LogP) is 2.70. The lowest BCUT2D eigenvalue weighted by atomic mass is 10.1. The molecule has 2 rings (SSSR count). The van der Waals surface area contributed by atoms with Crippen LogP contribution in [-0.4, -0.2) is 18.5 Å². The van der Waals surface area contributed by atoms with Crippen LogP contribution in [0.2, 0.25) is 0 Å². The first kappa shape index (κ1) is 15.9. The van der Waals surface area contributed by atoms with E-state index in [2.05, 4.69) is 25.6 Å². The highest BCUT2D eigenvalue weighted by atomic mass is 79.9. The van der Waals surface area contributed by atoms with E-state index in [-0.39, 0.29) is 17.3 Å². The molecule has 0 radical (unpaired) electrons. The smallest absolute Gasteiger partial charge is 0.263 e. The van der Waals surface area contributed by atoms with Crippen molar-refractivity contribution in [2.24, 2.45) is 0 Å². The van der Waals surface area contributed by atoms with Crippen molar-refractivity contribution in [3.8, 4) is 0 Å². The van der Waals surface area contributed by atoms with Crippen LogP contribution in [0.4, 0.5) is 5.82 Å². The Bertz CT molecular complexity index is 730. The van der Waals surface area contributed by atoms with Gasteiger partial charge in [-0.05, 0) is 57.7 Å². The second-order valence-corrected chi connectivity index (χ2v) is 7.01. The number of benzene rings is 1. The normalized spacial score (nSPS) is 11.4. The molecular weight excluding hydrogens is 356 g/mol. The van der Waals surface area contributed by atoms with Crippen molar-refractivity contribution in [2.45, 2.75) is 24.8 Å². The number of aliphatic hydroxyl groups is 1. The molecule has 7 heteroatoms. The summed E-state index contributed by atoms with van der Waals surface area (Å²) in [6.45, 7) is 1.76. The van der Waals surface area contributed by atoms with Crippen molar-refractivity contribution in [2.75, 3.05) is 4.72 Å². The molecule has 0 unspecified atom stereocenters. The quantitative estimate of drug-likeness (QED) is 0.847. The van der Waals surface area contributed by atoms with Crippen LogP contribution in [0, 0.1) is 0 Å². The first-order chi connectivity index (χ1) is 9.96. The largest absolute Gasteiger partial charge is 0.392 e. The van der Waals surface area contributed by atoms with Crippen molar-refractivity contribution in [1.29, 1.82) is 0 Å². The van der Waals surface area contributed by atoms with Crippen molar-refractivity contribution >= 4 is 31.8 Å². The lowest BCUT2D eigenvalue weighted by Crippen LogP contribution is -2.14. The van der Waals surface area contributed by atoms with E-state index < -0.39 is 10.0 Å². The highest BCUT2D eigenvalue weighted by Gasteiger charge is 2.16. The Morgan fingerprint density at radius 3 is 2.57 bits per heavy atom. The maximum atomic E-state index is 12.3. The number of aliphatic hydroxyl groups excluding tert-OH is 1. The number of hydrogen-bond acceptors (Lipinski definition) is 4. The van der Waals surface area contributed by atoms with Crippen molar-refractivity contribution in [3.63, 3.8) is 0 Å². The highest BCUT2D eigenvalue weighted by Crippen LogP contribution is 2.20. The molecule has 0 aliphatic carbocycles. The Labute approximate surface area is 132 Å². The van der Waals surface area contributed by atoms with Gasteiger partial charge in [-0.1, -0.05) is 13.0 Å². The zero-order chi connectivity index (χ0) is 15.5. The summed E-state index contributed by atoms with van der Waals surface area (Å²) in [4.78, 5) is 4.08. The summed E-state index contributed by atoms with van der Waals surface area (Å²) in [6, 6.07) is 7.99. The van der Waals surface area contributed by atoms with Crippen LogP contribution in [0.5, 0.6) is 0 Å². The van der Waals surface area contributed by atoms with Crippen LogP contribution >= 0.6 is 15.9 Å². The Morgan fingerprint density at radius 2 is 2.00 bits per heavy atom. The van der Waals surface area contributed by atoms with E-state index in [0.29, 0.717) is 5.56 Å². The molecule has 0 bridgehead atoms. The van der Waals surface area contributed by atoms with E-state index in [1.54, 1.807) is 18.2 Å². The number of nitrogens with one attached hydrogen (secondary N) is 1. The molecule has 0 aliphatic heterocycles. The number of aromatic nitrogens is 1. The van der Waals surface area contributed by atoms with Crippen molar-refractivity contribution in [1.82, 2.24) is 4.98 Å². The SMILES string of the molecule is CCc1ccc(S(=O)(=O)Nc2ccc(Br)cn2)cc1CO. The van der Waals surface area contributed by atoms with Gasteiger partial charge in [0.2, 0.25) is 0 Å². The number of aryl methyl sites for hydroxylation is 1. The van der Waals surface area contributed by atoms with Gasteiger partial charge in [-0.2, -0.15) is 0 Å². The lowest BCUT2D eigenvalue weighted by Gasteiger charge is -2.10. The molecule has 0 saturated heterocycles. The number of rotatable bonds is 5. The van der Waals surface area contributed by atoms with Crippen molar-refractivity contribution < 1.29 is 13.5 Å². The molecule has 0 saturated carbocycles. The van der Waals surface area contributed by atoms with Crippen LogP contribution < -0.4 is 4.72 Å². The molecule has 2 N–H and O–H groups in total. The van der Waals surface area contributed by atoms with Gasteiger partial charge in [0, 0.05) is 10.7 Å². The van der Waals surface area contributed by atoms with Gasteiger partial charge in [0.05, 0.1) is 11.5 Å². The van der Waals surface area contributed by atoms with E-state index in [1.165, 1.54) is 18.3 Å². The number of halogens is 1. The highest BCUT2D eigenvalue weighted by molar-refractivity contribution is 9.10. The van der Waals surface area contributed by atoms with Gasteiger partial charge in [-0.3, -0.25) is 4.72 Å². The topological polar surface area (TPSA) is 79.3 Å². The van der Waals surface area contributed by atoms with Crippen LogP contribution in [0.3, 0.4) is 0 Å². The van der Waals surface area contributed by atoms with E-state index in [1.807, 2.05) is 6.92 Å². The Balaban J connectivity index is 2.33. The molecule has 5 nitrogen and oxygen atoms in total. The van der Waals surface area contributed by atoms with Gasteiger partial charge >= 0.3 is 0 Å². The second kappa shape index (κ2) is 6.55. The third-order valence-corrected chi connectivity index (χ3v) is 4.83. The Morgan fingerprint density at radius 1 is 1.24 bits per heavy atom. The van der Waals surface area contributed by atoms with Gasteiger partial charge in [0.25, 0.3) is 10.0 Å². The van der Waals surface area contributed by atoms with Crippen LogP contribution in [0.1, 0.15) is 18.1 Å². The summed E-state index contributed by atoms with van der Waals surface area (Å²) >= 11 is 3.24. The molecule has 0 spiro atoms. The fraction of sp³-hybridized carbons (Fsp3) is 0.214. The number of hydrogen-bond donors (Lipinski definition) is 2. The zero-order valence-corrected chi connectivity index (χ0v) is 13.8.